The van der Waals surface area contributed by atoms with E-state index >= 15 is 0 Å². The van der Waals surface area contributed by atoms with Crippen molar-refractivity contribution in [1.82, 2.24) is 4.98 Å². The fourth-order valence-electron chi connectivity index (χ4n) is 3.50. The maximum absolute atomic E-state index is 10.5. The van der Waals surface area contributed by atoms with Gasteiger partial charge >= 0.3 is 5.97 Å². The van der Waals surface area contributed by atoms with E-state index in [1.165, 1.54) is 57.2 Å². The van der Waals surface area contributed by atoms with Gasteiger partial charge in [-0.3, -0.25) is 9.78 Å². The Bertz CT molecular complexity index is 648. The molecular formula is C26H44FeN2O3. The molecule has 0 fully saturated rings. The number of aliphatic carboxylic acids is 1. The summed E-state index contributed by atoms with van der Waals surface area (Å²) in [6.45, 7) is 11.3. The van der Waals surface area contributed by atoms with Gasteiger partial charge in [0.2, 0.25) is 5.91 Å². The molecule has 32 heavy (non-hydrogen) atoms. The van der Waals surface area contributed by atoms with Crippen LogP contribution in [0.1, 0.15) is 103 Å². The first-order valence-corrected chi connectivity index (χ1v) is 11.7. The number of nitrogens with zero attached hydrogens (tertiary/aromatic N) is 1. The number of primary amides is 1. The normalized spacial score (nSPS) is 12.9. The fourth-order valence-corrected chi connectivity index (χ4v) is 3.50. The van der Waals surface area contributed by atoms with E-state index in [9.17, 15) is 9.59 Å². The molecule has 2 atom stereocenters. The Balaban J connectivity index is 0. The molecule has 0 saturated carbocycles. The van der Waals surface area contributed by atoms with Crippen molar-refractivity contribution in [1.29, 1.82) is 0 Å². The summed E-state index contributed by atoms with van der Waals surface area (Å²) in [6.07, 6.45) is 15.7. The zero-order valence-electron chi connectivity index (χ0n) is 20.6. The molecule has 0 bridgehead atoms. The van der Waals surface area contributed by atoms with Crippen LogP contribution < -0.4 is 5.73 Å². The summed E-state index contributed by atoms with van der Waals surface area (Å²) in [4.78, 5) is 24.6. The van der Waals surface area contributed by atoms with E-state index in [2.05, 4.69) is 32.7 Å². The van der Waals surface area contributed by atoms with Crippen LogP contribution in [0.2, 0.25) is 0 Å². The Morgan fingerprint density at radius 1 is 1.00 bits per heavy atom. The maximum Gasteiger partial charge on any atom is 0.328 e. The number of amides is 1. The zero-order valence-corrected chi connectivity index (χ0v) is 21.7. The van der Waals surface area contributed by atoms with E-state index in [1.807, 2.05) is 6.92 Å². The molecule has 5 nitrogen and oxygen atoms in total. The van der Waals surface area contributed by atoms with Crippen LogP contribution >= 0.6 is 0 Å². The van der Waals surface area contributed by atoms with E-state index in [1.54, 1.807) is 18.3 Å². The quantitative estimate of drug-likeness (QED) is 0.227. The number of nitrogens with two attached hydrogens (primary N) is 1. The summed E-state index contributed by atoms with van der Waals surface area (Å²) in [5.41, 5.74) is 6.36. The molecule has 1 rings (SSSR count). The molecule has 0 aliphatic rings. The number of carboxylic acid groups (broad SMARTS) is 1. The first kappa shape index (κ1) is 32.5. The molecule has 0 unspecified atom stereocenters. The number of rotatable bonds is 14. The number of hydrogen-bond donors (Lipinski definition) is 2. The van der Waals surface area contributed by atoms with E-state index in [0.29, 0.717) is 5.56 Å². The fraction of sp³-hybridized carbons (Fsp3) is 0.654. The van der Waals surface area contributed by atoms with Crippen molar-refractivity contribution in [2.24, 2.45) is 23.5 Å². The Kier molecular flexibility index (Phi) is 20.3. The molecule has 1 heterocycles. The number of carbonyl (C=O) groups excluding carboxylic acids is 1. The Morgan fingerprint density at radius 2 is 1.53 bits per heavy atom. The van der Waals surface area contributed by atoms with Crippen molar-refractivity contribution in [3.05, 3.63) is 41.7 Å². The van der Waals surface area contributed by atoms with Crippen LogP contribution in [-0.2, 0) is 21.9 Å². The van der Waals surface area contributed by atoms with Crippen molar-refractivity contribution in [3.63, 3.8) is 0 Å². The van der Waals surface area contributed by atoms with E-state index in [0.717, 1.165) is 36.2 Å². The van der Waals surface area contributed by atoms with E-state index in [4.69, 9.17) is 10.8 Å². The summed E-state index contributed by atoms with van der Waals surface area (Å²) in [5, 5.41) is 8.68. The van der Waals surface area contributed by atoms with Gasteiger partial charge in [0.25, 0.3) is 0 Å². The molecule has 3 N–H and O–H groups in total. The van der Waals surface area contributed by atoms with E-state index < -0.39 is 11.9 Å². The molecule has 0 aliphatic heterocycles. The average Bonchev–Trinajstić information content (AvgIpc) is 2.68. The number of allylic oxidation sites excluding steroid dienone is 1. The molecule has 1 aromatic rings. The maximum atomic E-state index is 10.5. The van der Waals surface area contributed by atoms with Gasteiger partial charge in [-0.1, -0.05) is 78.2 Å². The molecule has 1 amide bonds. The van der Waals surface area contributed by atoms with E-state index in [-0.39, 0.29) is 17.1 Å². The third-order valence-corrected chi connectivity index (χ3v) is 5.46. The second-order valence-corrected chi connectivity index (χ2v) is 9.29. The molecular weight excluding hydrogens is 444 g/mol. The second-order valence-electron chi connectivity index (χ2n) is 9.29. The SMILES string of the molecule is C/C(=C\C(=O)O)CCC[C@H](C)CCC[C@H](C)CCCC(C)C.NC(=O)c1cccnc1.[Fe]. The monoisotopic (exact) mass is 488 g/mol. The molecule has 0 radical (unpaired) electrons. The minimum Gasteiger partial charge on any atom is -0.478 e. The van der Waals surface area contributed by atoms with Gasteiger partial charge < -0.3 is 10.8 Å². The van der Waals surface area contributed by atoms with Crippen LogP contribution in [0, 0.1) is 17.8 Å². The number of carboxylic acids is 1. The van der Waals surface area contributed by atoms with Crippen LogP contribution in [0.4, 0.5) is 0 Å². The van der Waals surface area contributed by atoms with Gasteiger partial charge in [0.15, 0.2) is 0 Å². The summed E-state index contributed by atoms with van der Waals surface area (Å²) >= 11 is 0. The first-order chi connectivity index (χ1) is 14.6. The van der Waals surface area contributed by atoms with Gasteiger partial charge in [-0.25, -0.2) is 4.79 Å². The Hall–Kier alpha value is -1.65. The second kappa shape index (κ2) is 20.0. The third kappa shape index (κ3) is 20.3. The van der Waals surface area contributed by atoms with Crippen molar-refractivity contribution in [3.8, 4) is 0 Å². The average molecular weight is 488 g/mol. The summed E-state index contributed by atoms with van der Waals surface area (Å²) in [5.74, 6) is 1.21. The number of aromatic nitrogens is 1. The zero-order chi connectivity index (χ0) is 23.6. The molecule has 1 aromatic heterocycles. The Labute approximate surface area is 206 Å². The standard InChI is InChI=1S/C20H38O2.C6H6N2O.Fe/c1-16(2)9-6-10-17(3)11-7-12-18(4)13-8-14-19(5)15-20(21)22;7-6(9)5-2-1-3-8-4-5;/h15-18H,6-14H2,1-5H3,(H,21,22);1-4H,(H2,7,9);/b19-15+;;/t17-,18-;;/m1../s1. The molecule has 0 saturated heterocycles. The summed E-state index contributed by atoms with van der Waals surface area (Å²) < 4.78 is 0. The van der Waals surface area contributed by atoms with Crippen LogP contribution in [0.15, 0.2) is 36.2 Å². The van der Waals surface area contributed by atoms with Crippen LogP contribution in [0.25, 0.3) is 0 Å². The van der Waals surface area contributed by atoms with Gasteiger partial charge in [0, 0.05) is 35.5 Å². The molecule has 0 spiro atoms. The van der Waals surface area contributed by atoms with Crippen molar-refractivity contribution in [2.45, 2.75) is 92.4 Å². The number of carbonyl (C=O) groups is 2. The molecule has 184 valence electrons. The third-order valence-electron chi connectivity index (χ3n) is 5.46. The van der Waals surface area contributed by atoms with Crippen molar-refractivity contribution < 1.29 is 31.8 Å². The largest absolute Gasteiger partial charge is 0.478 e. The van der Waals surface area contributed by atoms with Gasteiger partial charge in [0.1, 0.15) is 0 Å². The minimum atomic E-state index is -0.822. The molecule has 6 heteroatoms. The van der Waals surface area contributed by atoms with Crippen molar-refractivity contribution in [2.75, 3.05) is 0 Å². The molecule has 0 aliphatic carbocycles. The topological polar surface area (TPSA) is 93.3 Å². The van der Waals surface area contributed by atoms with Crippen LogP contribution in [-0.4, -0.2) is 22.0 Å². The Morgan fingerprint density at radius 3 is 1.94 bits per heavy atom. The summed E-state index contributed by atoms with van der Waals surface area (Å²) in [6, 6.07) is 3.29. The van der Waals surface area contributed by atoms with Crippen molar-refractivity contribution >= 4 is 11.9 Å². The predicted molar refractivity (Wildman–Crippen MR) is 129 cm³/mol. The summed E-state index contributed by atoms with van der Waals surface area (Å²) in [7, 11) is 0. The van der Waals surface area contributed by atoms with Gasteiger partial charge in [0.05, 0.1) is 5.56 Å². The number of pyridine rings is 1. The minimum absolute atomic E-state index is 0. The number of hydrogen-bond acceptors (Lipinski definition) is 3. The first-order valence-electron chi connectivity index (χ1n) is 11.7. The smallest absolute Gasteiger partial charge is 0.328 e. The van der Waals surface area contributed by atoms with Gasteiger partial charge in [-0.2, -0.15) is 0 Å². The van der Waals surface area contributed by atoms with Gasteiger partial charge in [-0.15, -0.1) is 0 Å². The van der Waals surface area contributed by atoms with Crippen LogP contribution in [0.3, 0.4) is 0 Å². The van der Waals surface area contributed by atoms with Gasteiger partial charge in [-0.05, 0) is 49.7 Å². The van der Waals surface area contributed by atoms with Crippen LogP contribution in [0.5, 0.6) is 0 Å². The predicted octanol–water partition coefficient (Wildman–Crippen LogP) is 6.63. The molecule has 0 aromatic carbocycles.